The molecule has 96 valence electrons. The molecule has 18 heavy (non-hydrogen) atoms. The Hall–Kier alpha value is -1.72. The average Bonchev–Trinajstić information content (AvgIpc) is 2.30. The van der Waals surface area contributed by atoms with Crippen LogP contribution < -0.4 is 5.32 Å². The van der Waals surface area contributed by atoms with Gasteiger partial charge in [-0.1, -0.05) is 35.9 Å². The predicted molar refractivity (Wildman–Crippen MR) is 68.6 cm³/mol. The van der Waals surface area contributed by atoms with Crippen LogP contribution in [0.1, 0.15) is 10.4 Å². The first-order valence-electron chi connectivity index (χ1n) is 4.72. The van der Waals surface area contributed by atoms with Crippen molar-refractivity contribution in [3.8, 4) is 0 Å². The SMILES string of the molecule is C=CCOC(=O)Nc1c(Cl)cc(C(=O)O)cc1Cl. The number of aromatic carboxylic acids is 1. The maximum absolute atomic E-state index is 11.3. The van der Waals surface area contributed by atoms with Crippen LogP contribution in [0.25, 0.3) is 0 Å². The smallest absolute Gasteiger partial charge is 0.412 e. The molecule has 0 saturated carbocycles. The number of benzene rings is 1. The third-order valence-corrected chi connectivity index (χ3v) is 2.44. The topological polar surface area (TPSA) is 75.6 Å². The van der Waals surface area contributed by atoms with Crippen LogP contribution in [0.3, 0.4) is 0 Å². The third-order valence-electron chi connectivity index (χ3n) is 1.85. The second-order valence-electron chi connectivity index (χ2n) is 3.13. The number of amides is 1. The van der Waals surface area contributed by atoms with Gasteiger partial charge in [0.2, 0.25) is 0 Å². The minimum absolute atomic E-state index is 0.00968. The van der Waals surface area contributed by atoms with Crippen molar-refractivity contribution >= 4 is 41.0 Å². The highest BCUT2D eigenvalue weighted by atomic mass is 35.5. The molecule has 7 heteroatoms. The van der Waals surface area contributed by atoms with Crippen molar-refractivity contribution in [3.63, 3.8) is 0 Å². The molecule has 5 nitrogen and oxygen atoms in total. The van der Waals surface area contributed by atoms with E-state index in [9.17, 15) is 9.59 Å². The Kier molecular flexibility index (Phi) is 5.00. The van der Waals surface area contributed by atoms with Gasteiger partial charge in [0.05, 0.1) is 21.3 Å². The van der Waals surface area contributed by atoms with Gasteiger partial charge in [-0.25, -0.2) is 9.59 Å². The zero-order valence-electron chi connectivity index (χ0n) is 9.07. The number of carbonyl (C=O) groups is 2. The highest BCUT2D eigenvalue weighted by Crippen LogP contribution is 2.32. The lowest BCUT2D eigenvalue weighted by molar-refractivity contribution is 0.0697. The maximum atomic E-state index is 11.3. The van der Waals surface area contributed by atoms with Crippen molar-refractivity contribution in [2.24, 2.45) is 0 Å². The first-order valence-corrected chi connectivity index (χ1v) is 5.48. The Morgan fingerprint density at radius 2 is 1.94 bits per heavy atom. The van der Waals surface area contributed by atoms with E-state index in [2.05, 4.69) is 16.6 Å². The molecule has 0 bridgehead atoms. The summed E-state index contributed by atoms with van der Waals surface area (Å²) in [4.78, 5) is 22.0. The Bertz CT molecular complexity index is 479. The quantitative estimate of drug-likeness (QED) is 0.833. The zero-order chi connectivity index (χ0) is 13.7. The highest BCUT2D eigenvalue weighted by Gasteiger charge is 2.14. The van der Waals surface area contributed by atoms with Gasteiger partial charge in [-0.3, -0.25) is 5.32 Å². The van der Waals surface area contributed by atoms with E-state index >= 15 is 0 Å². The van der Waals surface area contributed by atoms with E-state index in [0.717, 1.165) is 0 Å². The molecule has 1 aromatic rings. The summed E-state index contributed by atoms with van der Waals surface area (Å²) < 4.78 is 4.68. The van der Waals surface area contributed by atoms with Crippen molar-refractivity contribution in [3.05, 3.63) is 40.4 Å². The number of halogens is 2. The van der Waals surface area contributed by atoms with Crippen LogP contribution in [-0.4, -0.2) is 23.8 Å². The number of carbonyl (C=O) groups excluding carboxylic acids is 1. The van der Waals surface area contributed by atoms with Gasteiger partial charge in [-0.05, 0) is 12.1 Å². The summed E-state index contributed by atoms with van der Waals surface area (Å²) in [7, 11) is 0. The summed E-state index contributed by atoms with van der Waals surface area (Å²) in [5.41, 5.74) is 0.0207. The Morgan fingerprint density at radius 3 is 2.39 bits per heavy atom. The van der Waals surface area contributed by atoms with Gasteiger partial charge in [0, 0.05) is 0 Å². The largest absolute Gasteiger partial charge is 0.478 e. The van der Waals surface area contributed by atoms with Gasteiger partial charge in [0.1, 0.15) is 6.61 Å². The number of carboxylic acid groups (broad SMARTS) is 1. The molecule has 0 heterocycles. The van der Waals surface area contributed by atoms with Crippen LogP contribution in [0.5, 0.6) is 0 Å². The lowest BCUT2D eigenvalue weighted by atomic mass is 10.2. The molecular weight excluding hydrogens is 281 g/mol. The molecular formula is C11H9Cl2NO4. The molecule has 0 saturated heterocycles. The first-order chi connectivity index (χ1) is 8.45. The highest BCUT2D eigenvalue weighted by molar-refractivity contribution is 6.40. The fourth-order valence-corrected chi connectivity index (χ4v) is 1.67. The fourth-order valence-electron chi connectivity index (χ4n) is 1.09. The lowest BCUT2D eigenvalue weighted by Gasteiger charge is -2.10. The summed E-state index contributed by atoms with van der Waals surface area (Å²) in [5, 5.41) is 11.1. The molecule has 0 unspecified atom stereocenters. The molecule has 0 aromatic heterocycles. The minimum atomic E-state index is -1.17. The number of nitrogens with one attached hydrogen (secondary N) is 1. The van der Waals surface area contributed by atoms with Gasteiger partial charge < -0.3 is 9.84 Å². The lowest BCUT2D eigenvalue weighted by Crippen LogP contribution is -2.14. The number of rotatable bonds is 4. The molecule has 0 aliphatic carbocycles. The molecule has 2 N–H and O–H groups in total. The van der Waals surface area contributed by atoms with Crippen LogP contribution in [-0.2, 0) is 4.74 Å². The van der Waals surface area contributed by atoms with Gasteiger partial charge in [0.15, 0.2) is 0 Å². The summed E-state index contributed by atoms with van der Waals surface area (Å²) in [6, 6.07) is 2.36. The molecule has 0 spiro atoms. The van der Waals surface area contributed by atoms with E-state index in [-0.39, 0.29) is 27.9 Å². The van der Waals surface area contributed by atoms with Crippen LogP contribution in [0, 0.1) is 0 Å². The number of ether oxygens (including phenoxy) is 1. The molecule has 1 amide bonds. The predicted octanol–water partition coefficient (Wildman–Crippen LogP) is 3.43. The fraction of sp³-hybridized carbons (Fsp3) is 0.0909. The van der Waals surface area contributed by atoms with Crippen molar-refractivity contribution in [1.29, 1.82) is 0 Å². The standard InChI is InChI=1S/C11H9Cl2NO4/c1-2-3-18-11(17)14-9-7(12)4-6(10(15)16)5-8(9)13/h2,4-5H,1,3H2,(H,14,17)(H,15,16). The van der Waals surface area contributed by atoms with Gasteiger partial charge in [-0.15, -0.1) is 0 Å². The first kappa shape index (κ1) is 14.3. The van der Waals surface area contributed by atoms with E-state index in [0.29, 0.717) is 0 Å². The van der Waals surface area contributed by atoms with Crippen molar-refractivity contribution < 1.29 is 19.4 Å². The van der Waals surface area contributed by atoms with Crippen LogP contribution in [0.4, 0.5) is 10.5 Å². The van der Waals surface area contributed by atoms with Crippen LogP contribution in [0.2, 0.25) is 10.0 Å². The zero-order valence-corrected chi connectivity index (χ0v) is 10.6. The Labute approximate surface area is 113 Å². The summed E-state index contributed by atoms with van der Waals surface area (Å²) in [6.45, 7) is 3.42. The molecule has 0 radical (unpaired) electrons. The number of carboxylic acids is 1. The molecule has 1 rings (SSSR count). The maximum Gasteiger partial charge on any atom is 0.412 e. The molecule has 0 aliphatic heterocycles. The number of hydrogen-bond acceptors (Lipinski definition) is 3. The normalized spacial score (nSPS) is 9.67. The number of anilines is 1. The van der Waals surface area contributed by atoms with Crippen LogP contribution in [0.15, 0.2) is 24.8 Å². The number of hydrogen-bond donors (Lipinski definition) is 2. The average molecular weight is 290 g/mol. The summed E-state index contributed by atoms with van der Waals surface area (Å²) >= 11 is 11.6. The van der Waals surface area contributed by atoms with Gasteiger partial charge in [0.25, 0.3) is 0 Å². The van der Waals surface area contributed by atoms with Gasteiger partial charge >= 0.3 is 12.1 Å². The summed E-state index contributed by atoms with van der Waals surface area (Å²) in [6.07, 6.45) is 0.637. The monoisotopic (exact) mass is 289 g/mol. The molecule has 1 aromatic carbocycles. The molecule has 0 aliphatic rings. The van der Waals surface area contributed by atoms with Crippen molar-refractivity contribution in [1.82, 2.24) is 0 Å². The van der Waals surface area contributed by atoms with Gasteiger partial charge in [-0.2, -0.15) is 0 Å². The van der Waals surface area contributed by atoms with E-state index < -0.39 is 12.1 Å². The van der Waals surface area contributed by atoms with E-state index in [1.54, 1.807) is 0 Å². The van der Waals surface area contributed by atoms with E-state index in [4.69, 9.17) is 28.3 Å². The second-order valence-corrected chi connectivity index (χ2v) is 3.95. The van der Waals surface area contributed by atoms with Crippen LogP contribution >= 0.6 is 23.2 Å². The van der Waals surface area contributed by atoms with E-state index in [1.807, 2.05) is 0 Å². The Balaban J connectivity index is 2.93. The summed E-state index contributed by atoms with van der Waals surface area (Å²) in [5.74, 6) is -1.17. The minimum Gasteiger partial charge on any atom is -0.478 e. The molecule has 0 atom stereocenters. The van der Waals surface area contributed by atoms with E-state index in [1.165, 1.54) is 18.2 Å². The molecule has 0 fully saturated rings. The second kappa shape index (κ2) is 6.28. The van der Waals surface area contributed by atoms with Crippen molar-refractivity contribution in [2.45, 2.75) is 0 Å². The third kappa shape index (κ3) is 3.65. The van der Waals surface area contributed by atoms with Crippen molar-refractivity contribution in [2.75, 3.05) is 11.9 Å². The Morgan fingerprint density at radius 1 is 1.39 bits per heavy atom.